The van der Waals surface area contributed by atoms with Gasteiger partial charge in [0, 0.05) is 30.1 Å². The van der Waals surface area contributed by atoms with E-state index in [1.165, 1.54) is 23.0 Å². The SMILES string of the molecule is CCn1[nH]cc(C(=O)c2ccc(S(C)(=O)=O)c(-c3ccccc3)c2C)c1=O. The van der Waals surface area contributed by atoms with Crippen molar-refractivity contribution < 1.29 is 13.2 Å². The molecule has 0 unspecified atom stereocenters. The first-order chi connectivity index (χ1) is 12.8. The maximum atomic E-state index is 13.0. The van der Waals surface area contributed by atoms with Gasteiger partial charge in [0.15, 0.2) is 15.6 Å². The lowest BCUT2D eigenvalue weighted by Gasteiger charge is -2.15. The molecule has 1 aromatic heterocycles. The van der Waals surface area contributed by atoms with Crippen molar-refractivity contribution in [3.05, 3.63) is 75.7 Å². The van der Waals surface area contributed by atoms with Crippen molar-refractivity contribution in [1.82, 2.24) is 9.78 Å². The number of aromatic nitrogens is 2. The van der Waals surface area contributed by atoms with Gasteiger partial charge in [-0.25, -0.2) is 8.42 Å². The molecule has 3 aromatic rings. The van der Waals surface area contributed by atoms with Crippen LogP contribution in [0.2, 0.25) is 0 Å². The first-order valence-electron chi connectivity index (χ1n) is 8.47. The van der Waals surface area contributed by atoms with Crippen molar-refractivity contribution in [2.45, 2.75) is 25.3 Å². The molecule has 0 radical (unpaired) electrons. The van der Waals surface area contributed by atoms with Crippen molar-refractivity contribution in [1.29, 1.82) is 0 Å². The van der Waals surface area contributed by atoms with Crippen LogP contribution in [0.3, 0.4) is 0 Å². The highest BCUT2D eigenvalue weighted by Gasteiger charge is 2.24. The van der Waals surface area contributed by atoms with Gasteiger partial charge >= 0.3 is 0 Å². The van der Waals surface area contributed by atoms with Crippen LogP contribution in [0.4, 0.5) is 0 Å². The molecule has 0 fully saturated rings. The van der Waals surface area contributed by atoms with Crippen LogP contribution in [-0.4, -0.2) is 30.2 Å². The molecular weight excluding hydrogens is 364 g/mol. The number of ketones is 1. The highest BCUT2D eigenvalue weighted by molar-refractivity contribution is 7.90. The monoisotopic (exact) mass is 384 g/mol. The second kappa shape index (κ2) is 7.00. The molecule has 3 rings (SSSR count). The van der Waals surface area contributed by atoms with Crippen molar-refractivity contribution in [2.24, 2.45) is 0 Å². The predicted molar refractivity (Wildman–Crippen MR) is 104 cm³/mol. The standard InChI is InChI=1S/C20H20N2O4S/c1-4-22-20(24)16(12-21-22)19(23)15-10-11-17(27(3,25)26)18(13(15)2)14-8-6-5-7-9-14/h5-12,21H,4H2,1-3H3. The van der Waals surface area contributed by atoms with Crippen molar-refractivity contribution >= 4 is 15.6 Å². The first kappa shape index (κ1) is 18.8. The lowest BCUT2D eigenvalue weighted by molar-refractivity contribution is 0.103. The number of carbonyl (C=O) groups excluding carboxylic acids is 1. The number of carbonyl (C=O) groups is 1. The lowest BCUT2D eigenvalue weighted by Crippen LogP contribution is -2.21. The van der Waals surface area contributed by atoms with Gasteiger partial charge in [0.05, 0.1) is 4.90 Å². The molecule has 27 heavy (non-hydrogen) atoms. The van der Waals surface area contributed by atoms with Crippen LogP contribution < -0.4 is 5.56 Å². The summed E-state index contributed by atoms with van der Waals surface area (Å²) < 4.78 is 25.9. The van der Waals surface area contributed by atoms with Crippen molar-refractivity contribution in [2.75, 3.05) is 6.26 Å². The number of hydrogen-bond acceptors (Lipinski definition) is 4. The van der Waals surface area contributed by atoms with E-state index in [4.69, 9.17) is 0 Å². The molecule has 7 heteroatoms. The molecule has 0 aliphatic carbocycles. The van der Waals surface area contributed by atoms with E-state index in [-0.39, 0.29) is 10.5 Å². The number of sulfone groups is 1. The molecule has 140 valence electrons. The number of aryl methyl sites for hydroxylation is 1. The minimum absolute atomic E-state index is 0.0334. The van der Waals surface area contributed by atoms with Crippen molar-refractivity contribution in [3.8, 4) is 11.1 Å². The number of hydrogen-bond donors (Lipinski definition) is 1. The Kier molecular flexibility index (Phi) is 4.89. The fourth-order valence-electron chi connectivity index (χ4n) is 3.16. The average molecular weight is 384 g/mol. The molecule has 0 saturated carbocycles. The third kappa shape index (κ3) is 3.38. The van der Waals surface area contributed by atoms with Gasteiger partial charge in [-0.1, -0.05) is 30.3 Å². The van der Waals surface area contributed by atoms with Crippen molar-refractivity contribution in [3.63, 3.8) is 0 Å². The molecular formula is C20H20N2O4S. The Morgan fingerprint density at radius 1 is 1.07 bits per heavy atom. The van der Waals surface area contributed by atoms with Gasteiger partial charge < -0.3 is 5.10 Å². The van der Waals surface area contributed by atoms with Crippen LogP contribution in [0.1, 0.15) is 28.4 Å². The van der Waals surface area contributed by atoms with Gasteiger partial charge in [-0.3, -0.25) is 14.3 Å². The molecule has 0 bridgehead atoms. The topological polar surface area (TPSA) is 89.0 Å². The Hall–Kier alpha value is -2.93. The van der Waals surface area contributed by atoms with Crippen LogP contribution in [0, 0.1) is 6.92 Å². The highest BCUT2D eigenvalue weighted by atomic mass is 32.2. The Bertz CT molecular complexity index is 1170. The van der Waals surface area contributed by atoms with E-state index in [0.29, 0.717) is 28.8 Å². The average Bonchev–Trinajstić information content (AvgIpc) is 3.01. The minimum atomic E-state index is -3.50. The number of aromatic amines is 1. The van der Waals surface area contributed by atoms with Gasteiger partial charge in [-0.15, -0.1) is 0 Å². The number of nitrogens with zero attached hydrogens (tertiary/aromatic N) is 1. The third-order valence-corrected chi connectivity index (χ3v) is 5.67. The smallest absolute Gasteiger partial charge is 0.277 e. The van der Waals surface area contributed by atoms with Gasteiger partial charge in [0.2, 0.25) is 0 Å². The molecule has 0 aliphatic rings. The summed E-state index contributed by atoms with van der Waals surface area (Å²) in [4.78, 5) is 25.5. The van der Waals surface area contributed by atoms with Gasteiger partial charge in [0.25, 0.3) is 5.56 Å². The molecule has 1 heterocycles. The maximum absolute atomic E-state index is 13.0. The molecule has 0 saturated heterocycles. The van der Waals surface area contributed by atoms with E-state index in [1.807, 2.05) is 6.07 Å². The van der Waals surface area contributed by atoms with Gasteiger partial charge in [-0.05, 0) is 37.1 Å². The summed E-state index contributed by atoms with van der Waals surface area (Å²) in [6, 6.07) is 12.0. The van der Waals surface area contributed by atoms with E-state index in [1.54, 1.807) is 38.1 Å². The summed E-state index contributed by atoms with van der Waals surface area (Å²) in [6.45, 7) is 3.93. The third-order valence-electron chi connectivity index (χ3n) is 4.53. The quantitative estimate of drug-likeness (QED) is 0.685. The van der Waals surface area contributed by atoms with Gasteiger partial charge in [-0.2, -0.15) is 0 Å². The summed E-state index contributed by atoms with van der Waals surface area (Å²) in [6.07, 6.45) is 2.53. The summed E-state index contributed by atoms with van der Waals surface area (Å²) in [7, 11) is -3.50. The zero-order chi connectivity index (χ0) is 19.8. The van der Waals surface area contributed by atoms with Crippen LogP contribution >= 0.6 is 0 Å². The number of benzene rings is 2. The first-order valence-corrected chi connectivity index (χ1v) is 10.4. The van der Waals surface area contributed by atoms with E-state index in [9.17, 15) is 18.0 Å². The molecule has 0 atom stereocenters. The number of nitrogens with one attached hydrogen (secondary N) is 1. The van der Waals surface area contributed by atoms with Gasteiger partial charge in [0.1, 0.15) is 5.56 Å². The number of H-pyrrole nitrogens is 1. The second-order valence-corrected chi connectivity index (χ2v) is 8.30. The Balaban J connectivity index is 2.26. The van der Waals surface area contributed by atoms with E-state index in [2.05, 4.69) is 5.10 Å². The van der Waals surface area contributed by atoms with Crippen LogP contribution in [0.5, 0.6) is 0 Å². The Morgan fingerprint density at radius 3 is 2.30 bits per heavy atom. The van der Waals surface area contributed by atoms with E-state index < -0.39 is 21.2 Å². The van der Waals surface area contributed by atoms with E-state index >= 15 is 0 Å². The Labute approximate surface area is 157 Å². The zero-order valence-electron chi connectivity index (χ0n) is 15.3. The van der Waals surface area contributed by atoms with Crippen LogP contribution in [-0.2, 0) is 16.4 Å². The molecule has 0 aliphatic heterocycles. The molecule has 0 amide bonds. The predicted octanol–water partition coefficient (Wildman–Crippen LogP) is 2.81. The summed E-state index contributed by atoms with van der Waals surface area (Å²) >= 11 is 0. The molecule has 0 spiro atoms. The molecule has 6 nitrogen and oxygen atoms in total. The molecule has 2 aromatic carbocycles. The highest BCUT2D eigenvalue weighted by Crippen LogP contribution is 2.33. The van der Waals surface area contributed by atoms with E-state index in [0.717, 1.165) is 6.26 Å². The maximum Gasteiger partial charge on any atom is 0.277 e. The second-order valence-electron chi connectivity index (χ2n) is 6.32. The Morgan fingerprint density at radius 2 is 1.74 bits per heavy atom. The molecule has 1 N–H and O–H groups in total. The van der Waals surface area contributed by atoms with Crippen LogP contribution in [0.25, 0.3) is 11.1 Å². The minimum Gasteiger partial charge on any atom is -0.302 e. The fraction of sp³-hybridized carbons (Fsp3) is 0.200. The fourth-order valence-corrected chi connectivity index (χ4v) is 4.11. The lowest BCUT2D eigenvalue weighted by atomic mass is 9.93. The summed E-state index contributed by atoms with van der Waals surface area (Å²) in [5.41, 5.74) is 1.65. The summed E-state index contributed by atoms with van der Waals surface area (Å²) in [5, 5.41) is 2.76. The van der Waals surface area contributed by atoms with Crippen LogP contribution in [0.15, 0.2) is 58.4 Å². The zero-order valence-corrected chi connectivity index (χ0v) is 16.1. The normalized spacial score (nSPS) is 11.5. The summed E-state index contributed by atoms with van der Waals surface area (Å²) in [5.74, 6) is -0.432. The largest absolute Gasteiger partial charge is 0.302 e. The number of rotatable bonds is 5.